The number of aryl methyl sites for hydroxylation is 1. The zero-order valence-corrected chi connectivity index (χ0v) is 9.36. The lowest BCUT2D eigenvalue weighted by molar-refractivity contribution is 0.667. The Labute approximate surface area is 90.2 Å². The quantitative estimate of drug-likeness (QED) is 0.860. The molecule has 0 aromatic carbocycles. The van der Waals surface area contributed by atoms with E-state index in [1.807, 2.05) is 12.3 Å². The van der Waals surface area contributed by atoms with Gasteiger partial charge in [-0.15, -0.1) is 16.4 Å². The normalized spacial score (nSPS) is 10.6. The highest BCUT2D eigenvalue weighted by Gasteiger charge is 1.99. The molecule has 0 aliphatic rings. The summed E-state index contributed by atoms with van der Waals surface area (Å²) >= 11 is 3.05. The molecule has 2 aromatic heterocycles. The molecular formula is C8H10N4S2. The zero-order valence-electron chi connectivity index (χ0n) is 7.73. The second-order valence-corrected chi connectivity index (χ2v) is 4.53. The topological polar surface area (TPSA) is 50.7 Å². The van der Waals surface area contributed by atoms with E-state index in [1.54, 1.807) is 11.3 Å². The maximum atomic E-state index is 4.35. The van der Waals surface area contributed by atoms with Gasteiger partial charge in [0.2, 0.25) is 0 Å². The zero-order chi connectivity index (χ0) is 9.80. The van der Waals surface area contributed by atoms with Crippen molar-refractivity contribution in [3.63, 3.8) is 0 Å². The summed E-state index contributed by atoms with van der Waals surface area (Å²) in [6, 6.07) is 0. The maximum Gasteiger partial charge on any atom is 0.0897 e. The van der Waals surface area contributed by atoms with Gasteiger partial charge in [0, 0.05) is 23.8 Å². The molecule has 14 heavy (non-hydrogen) atoms. The monoisotopic (exact) mass is 226 g/mol. The molecular weight excluding hydrogens is 216 g/mol. The van der Waals surface area contributed by atoms with Crippen LogP contribution in [-0.4, -0.2) is 14.6 Å². The summed E-state index contributed by atoms with van der Waals surface area (Å²) in [6.07, 6.45) is 0. The van der Waals surface area contributed by atoms with Crippen LogP contribution in [0.15, 0.2) is 10.8 Å². The Balaban J connectivity index is 1.78. The molecule has 2 aromatic rings. The summed E-state index contributed by atoms with van der Waals surface area (Å²) in [5.41, 5.74) is 2.08. The number of nitrogens with zero attached hydrogens (tertiary/aromatic N) is 3. The van der Waals surface area contributed by atoms with E-state index in [2.05, 4.69) is 25.3 Å². The minimum Gasteiger partial charge on any atom is -0.305 e. The fourth-order valence-corrected chi connectivity index (χ4v) is 2.13. The molecule has 2 rings (SSSR count). The van der Waals surface area contributed by atoms with Crippen molar-refractivity contribution in [2.75, 3.05) is 0 Å². The third-order valence-corrected chi connectivity index (χ3v) is 3.06. The number of hydrogen-bond acceptors (Lipinski definition) is 6. The van der Waals surface area contributed by atoms with Gasteiger partial charge in [0.1, 0.15) is 0 Å². The molecule has 0 radical (unpaired) electrons. The molecule has 4 nitrogen and oxygen atoms in total. The predicted octanol–water partition coefficient (Wildman–Crippen LogP) is 1.59. The number of thiazole rings is 1. The van der Waals surface area contributed by atoms with Crippen molar-refractivity contribution < 1.29 is 0 Å². The third-order valence-electron chi connectivity index (χ3n) is 1.68. The first-order valence-corrected chi connectivity index (χ1v) is 5.94. The van der Waals surface area contributed by atoms with E-state index in [0.29, 0.717) is 0 Å². The Hall–Kier alpha value is -0.850. The minimum absolute atomic E-state index is 0.757. The van der Waals surface area contributed by atoms with Crippen molar-refractivity contribution >= 4 is 22.9 Å². The molecule has 0 saturated carbocycles. The summed E-state index contributed by atoms with van der Waals surface area (Å²) < 4.78 is 3.79. The van der Waals surface area contributed by atoms with Gasteiger partial charge in [-0.1, -0.05) is 4.49 Å². The first-order chi connectivity index (χ1) is 6.84. The fraction of sp³-hybridized carbons (Fsp3) is 0.375. The Morgan fingerprint density at radius 1 is 1.29 bits per heavy atom. The second-order valence-electron chi connectivity index (χ2n) is 2.86. The molecule has 0 aliphatic heterocycles. The molecule has 0 atom stereocenters. The third kappa shape index (κ3) is 2.57. The Kier molecular flexibility index (Phi) is 3.18. The van der Waals surface area contributed by atoms with Crippen LogP contribution in [0.3, 0.4) is 0 Å². The predicted molar refractivity (Wildman–Crippen MR) is 57.3 cm³/mol. The maximum absolute atomic E-state index is 4.35. The van der Waals surface area contributed by atoms with Crippen LogP contribution in [0.4, 0.5) is 0 Å². The smallest absolute Gasteiger partial charge is 0.0897 e. The average molecular weight is 226 g/mol. The van der Waals surface area contributed by atoms with Crippen molar-refractivity contribution in [3.8, 4) is 0 Å². The molecule has 0 saturated heterocycles. The minimum atomic E-state index is 0.757. The highest BCUT2D eigenvalue weighted by molar-refractivity contribution is 7.09. The molecule has 0 bridgehead atoms. The highest BCUT2D eigenvalue weighted by atomic mass is 32.1. The van der Waals surface area contributed by atoms with Crippen molar-refractivity contribution in [1.29, 1.82) is 0 Å². The summed E-state index contributed by atoms with van der Waals surface area (Å²) in [5, 5.41) is 12.3. The van der Waals surface area contributed by atoms with E-state index in [0.717, 1.165) is 29.5 Å². The van der Waals surface area contributed by atoms with Crippen LogP contribution in [0.5, 0.6) is 0 Å². The lowest BCUT2D eigenvalue weighted by atomic mass is 10.4. The number of aromatic nitrogens is 3. The van der Waals surface area contributed by atoms with Gasteiger partial charge in [-0.05, 0) is 18.5 Å². The molecule has 0 aliphatic carbocycles. The molecule has 0 fully saturated rings. The van der Waals surface area contributed by atoms with Gasteiger partial charge in [-0.25, -0.2) is 4.98 Å². The standard InChI is InChI=1S/C8H10N4S2/c1-6-10-7(4-13-6)2-9-3-8-5-14-12-11-8/h4-5,9H,2-3H2,1H3. The average Bonchev–Trinajstić information content (AvgIpc) is 2.77. The highest BCUT2D eigenvalue weighted by Crippen LogP contribution is 2.07. The van der Waals surface area contributed by atoms with E-state index >= 15 is 0 Å². The number of hydrogen-bond donors (Lipinski definition) is 1. The summed E-state index contributed by atoms with van der Waals surface area (Å²) in [5.74, 6) is 0. The SMILES string of the molecule is Cc1nc(CNCc2csnn2)cs1. The summed E-state index contributed by atoms with van der Waals surface area (Å²) in [4.78, 5) is 4.35. The number of nitrogens with one attached hydrogen (secondary N) is 1. The van der Waals surface area contributed by atoms with E-state index in [-0.39, 0.29) is 0 Å². The summed E-state index contributed by atoms with van der Waals surface area (Å²) in [7, 11) is 0. The van der Waals surface area contributed by atoms with E-state index < -0.39 is 0 Å². The van der Waals surface area contributed by atoms with Crippen LogP contribution in [0.2, 0.25) is 0 Å². The van der Waals surface area contributed by atoms with Crippen LogP contribution in [0.1, 0.15) is 16.4 Å². The van der Waals surface area contributed by atoms with Gasteiger partial charge in [0.15, 0.2) is 0 Å². The number of rotatable bonds is 4. The van der Waals surface area contributed by atoms with Crippen LogP contribution in [0.25, 0.3) is 0 Å². The fourth-order valence-electron chi connectivity index (χ4n) is 1.07. The molecule has 74 valence electrons. The molecule has 2 heterocycles. The lowest BCUT2D eigenvalue weighted by Gasteiger charge is -1.97. The van der Waals surface area contributed by atoms with Crippen molar-refractivity contribution in [1.82, 2.24) is 19.9 Å². The van der Waals surface area contributed by atoms with Crippen LogP contribution >= 0.6 is 22.9 Å². The first kappa shape index (κ1) is 9.70. The van der Waals surface area contributed by atoms with E-state index in [1.165, 1.54) is 11.5 Å². The van der Waals surface area contributed by atoms with Crippen LogP contribution in [-0.2, 0) is 13.1 Å². The Morgan fingerprint density at radius 2 is 2.14 bits per heavy atom. The van der Waals surface area contributed by atoms with Crippen LogP contribution < -0.4 is 5.32 Å². The van der Waals surface area contributed by atoms with Crippen LogP contribution in [0, 0.1) is 6.92 Å². The van der Waals surface area contributed by atoms with E-state index in [9.17, 15) is 0 Å². The van der Waals surface area contributed by atoms with Crippen molar-refractivity contribution in [2.45, 2.75) is 20.0 Å². The van der Waals surface area contributed by atoms with Gasteiger partial charge in [0.05, 0.1) is 16.4 Å². The lowest BCUT2D eigenvalue weighted by Crippen LogP contribution is -2.13. The van der Waals surface area contributed by atoms with Gasteiger partial charge in [0.25, 0.3) is 0 Å². The molecule has 0 amide bonds. The molecule has 1 N–H and O–H groups in total. The van der Waals surface area contributed by atoms with Gasteiger partial charge >= 0.3 is 0 Å². The Bertz CT molecular complexity index is 382. The molecule has 0 spiro atoms. The largest absolute Gasteiger partial charge is 0.305 e. The Morgan fingerprint density at radius 3 is 2.79 bits per heavy atom. The van der Waals surface area contributed by atoms with Crippen molar-refractivity contribution in [2.24, 2.45) is 0 Å². The van der Waals surface area contributed by atoms with Crippen molar-refractivity contribution in [3.05, 3.63) is 27.2 Å². The molecule has 6 heteroatoms. The van der Waals surface area contributed by atoms with Gasteiger partial charge < -0.3 is 5.32 Å². The first-order valence-electron chi connectivity index (χ1n) is 4.22. The second kappa shape index (κ2) is 4.59. The molecule has 0 unspecified atom stereocenters. The van der Waals surface area contributed by atoms with Gasteiger partial charge in [-0.2, -0.15) is 0 Å². The summed E-state index contributed by atoms with van der Waals surface area (Å²) in [6.45, 7) is 3.56. The van der Waals surface area contributed by atoms with Gasteiger partial charge in [-0.3, -0.25) is 0 Å². The van der Waals surface area contributed by atoms with E-state index in [4.69, 9.17) is 0 Å².